The fourth-order valence-corrected chi connectivity index (χ4v) is 3.76. The third-order valence-electron chi connectivity index (χ3n) is 4.04. The number of benzene rings is 2. The highest BCUT2D eigenvalue weighted by Crippen LogP contribution is 2.32. The Morgan fingerprint density at radius 3 is 2.79 bits per heavy atom. The molecule has 0 aliphatic rings. The van der Waals surface area contributed by atoms with Crippen LogP contribution in [0.4, 0.5) is 5.13 Å². The maximum absolute atomic E-state index is 12.3. The maximum atomic E-state index is 12.3. The molecule has 2 aromatic carbocycles. The quantitative estimate of drug-likeness (QED) is 0.481. The van der Waals surface area contributed by atoms with Gasteiger partial charge in [0.15, 0.2) is 16.6 Å². The number of aromatic nitrogens is 1. The van der Waals surface area contributed by atoms with Crippen molar-refractivity contribution < 1.29 is 14.3 Å². The molecule has 0 unspecified atom stereocenters. The monoisotopic (exact) mass is 428 g/mol. The number of hydrogen-bond donors (Lipinski definition) is 1. The summed E-state index contributed by atoms with van der Waals surface area (Å²) in [5.41, 5.74) is 2.56. The first kappa shape index (κ1) is 20.9. The van der Waals surface area contributed by atoms with Gasteiger partial charge in [-0.25, -0.2) is 4.98 Å². The minimum Gasteiger partial charge on any atom is -0.493 e. The van der Waals surface area contributed by atoms with E-state index < -0.39 is 0 Å². The number of methoxy groups -OCH3 is 1. The van der Waals surface area contributed by atoms with E-state index in [1.54, 1.807) is 13.2 Å². The Labute approximate surface area is 179 Å². The van der Waals surface area contributed by atoms with E-state index in [2.05, 4.69) is 10.3 Å². The predicted molar refractivity (Wildman–Crippen MR) is 119 cm³/mol. The van der Waals surface area contributed by atoms with Gasteiger partial charge in [0.25, 0.3) is 0 Å². The molecule has 29 heavy (non-hydrogen) atoms. The summed E-state index contributed by atoms with van der Waals surface area (Å²) in [5, 5.41) is 4.00. The lowest BCUT2D eigenvalue weighted by molar-refractivity contribution is -0.111. The Hall–Kier alpha value is -2.83. The molecule has 0 bridgehead atoms. The molecule has 0 radical (unpaired) electrons. The number of amides is 1. The van der Waals surface area contributed by atoms with Crippen molar-refractivity contribution in [1.82, 2.24) is 4.98 Å². The minimum atomic E-state index is -0.260. The highest BCUT2D eigenvalue weighted by Gasteiger charge is 2.11. The summed E-state index contributed by atoms with van der Waals surface area (Å²) in [5.74, 6) is 1.03. The lowest BCUT2D eigenvalue weighted by Crippen LogP contribution is -2.07. The molecule has 1 amide bonds. The lowest BCUT2D eigenvalue weighted by Gasteiger charge is -2.09. The predicted octanol–water partition coefficient (Wildman–Crippen LogP) is 5.83. The van der Waals surface area contributed by atoms with Crippen molar-refractivity contribution in [3.8, 4) is 22.8 Å². The number of rotatable bonds is 7. The number of thiazole rings is 1. The van der Waals surface area contributed by atoms with Gasteiger partial charge >= 0.3 is 0 Å². The van der Waals surface area contributed by atoms with Gasteiger partial charge in [0.1, 0.15) is 0 Å². The second-order valence-electron chi connectivity index (χ2n) is 6.10. The van der Waals surface area contributed by atoms with Gasteiger partial charge in [-0.05, 0) is 49.8 Å². The van der Waals surface area contributed by atoms with Gasteiger partial charge in [-0.1, -0.05) is 29.8 Å². The molecule has 0 atom stereocenters. The van der Waals surface area contributed by atoms with Gasteiger partial charge < -0.3 is 9.47 Å². The van der Waals surface area contributed by atoms with E-state index in [1.807, 2.05) is 56.3 Å². The number of carbonyl (C=O) groups is 1. The van der Waals surface area contributed by atoms with Crippen LogP contribution in [0.2, 0.25) is 5.02 Å². The van der Waals surface area contributed by atoms with E-state index in [-0.39, 0.29) is 5.91 Å². The molecule has 0 fully saturated rings. The summed E-state index contributed by atoms with van der Waals surface area (Å²) < 4.78 is 10.8. The van der Waals surface area contributed by atoms with E-state index in [9.17, 15) is 4.79 Å². The number of nitrogens with zero attached hydrogens (tertiary/aromatic N) is 1. The Morgan fingerprint density at radius 1 is 1.24 bits per heavy atom. The molecule has 0 aliphatic heterocycles. The molecular formula is C22H21ClN2O3S. The van der Waals surface area contributed by atoms with Crippen LogP contribution in [0, 0.1) is 6.92 Å². The van der Waals surface area contributed by atoms with E-state index in [1.165, 1.54) is 17.4 Å². The Balaban J connectivity index is 1.70. The molecule has 5 nitrogen and oxygen atoms in total. The Bertz CT molecular complexity index is 1050. The molecule has 150 valence electrons. The molecular weight excluding hydrogens is 408 g/mol. The number of ether oxygens (including phenoxy) is 2. The van der Waals surface area contributed by atoms with Crippen molar-refractivity contribution in [2.45, 2.75) is 13.8 Å². The van der Waals surface area contributed by atoms with Crippen molar-refractivity contribution in [2.24, 2.45) is 0 Å². The third-order valence-corrected chi connectivity index (χ3v) is 5.16. The summed E-state index contributed by atoms with van der Waals surface area (Å²) in [6.07, 6.45) is 3.18. The van der Waals surface area contributed by atoms with Crippen LogP contribution in [0.15, 0.2) is 48.5 Å². The molecule has 3 rings (SSSR count). The molecule has 0 spiro atoms. The first-order chi connectivity index (χ1) is 14.0. The zero-order valence-electron chi connectivity index (χ0n) is 16.4. The van der Waals surface area contributed by atoms with E-state index >= 15 is 0 Å². The van der Waals surface area contributed by atoms with E-state index in [0.717, 1.165) is 21.7 Å². The summed E-state index contributed by atoms with van der Waals surface area (Å²) in [6, 6.07) is 13.0. The van der Waals surface area contributed by atoms with Gasteiger partial charge in [-0.15, -0.1) is 11.3 Å². The Kier molecular flexibility index (Phi) is 6.90. The van der Waals surface area contributed by atoms with Crippen LogP contribution in [-0.4, -0.2) is 24.6 Å². The summed E-state index contributed by atoms with van der Waals surface area (Å²) >= 11 is 7.49. The van der Waals surface area contributed by atoms with Crippen molar-refractivity contribution in [2.75, 3.05) is 19.0 Å². The van der Waals surface area contributed by atoms with Crippen LogP contribution in [0.5, 0.6) is 11.5 Å². The fraction of sp³-hybridized carbons (Fsp3) is 0.182. The van der Waals surface area contributed by atoms with Crippen molar-refractivity contribution in [3.05, 3.63) is 64.0 Å². The number of carbonyl (C=O) groups excluding carboxylic acids is 1. The van der Waals surface area contributed by atoms with Gasteiger partial charge in [0, 0.05) is 21.5 Å². The van der Waals surface area contributed by atoms with Crippen LogP contribution >= 0.6 is 22.9 Å². The lowest BCUT2D eigenvalue weighted by atomic mass is 10.1. The summed E-state index contributed by atoms with van der Waals surface area (Å²) in [7, 11) is 1.58. The highest BCUT2D eigenvalue weighted by molar-refractivity contribution is 7.16. The van der Waals surface area contributed by atoms with Crippen LogP contribution in [0.1, 0.15) is 17.4 Å². The second-order valence-corrected chi connectivity index (χ2v) is 7.74. The fourth-order valence-electron chi connectivity index (χ4n) is 2.74. The van der Waals surface area contributed by atoms with Crippen LogP contribution in [0.25, 0.3) is 17.3 Å². The average Bonchev–Trinajstić information content (AvgIpc) is 3.07. The van der Waals surface area contributed by atoms with Crippen molar-refractivity contribution in [3.63, 3.8) is 0 Å². The molecule has 1 heterocycles. The zero-order valence-corrected chi connectivity index (χ0v) is 17.9. The topological polar surface area (TPSA) is 60.5 Å². The van der Waals surface area contributed by atoms with Gasteiger partial charge in [0.2, 0.25) is 5.91 Å². The average molecular weight is 429 g/mol. The molecule has 0 aliphatic carbocycles. The highest BCUT2D eigenvalue weighted by atomic mass is 35.5. The van der Waals surface area contributed by atoms with Crippen LogP contribution < -0.4 is 14.8 Å². The van der Waals surface area contributed by atoms with E-state index in [4.69, 9.17) is 21.1 Å². The number of nitrogens with one attached hydrogen (secondary N) is 1. The van der Waals surface area contributed by atoms with Crippen LogP contribution in [-0.2, 0) is 4.79 Å². The van der Waals surface area contributed by atoms with Gasteiger partial charge in [-0.2, -0.15) is 0 Å². The number of halogens is 1. The minimum absolute atomic E-state index is 0.260. The third kappa shape index (κ3) is 5.37. The number of aryl methyl sites for hydroxylation is 1. The molecule has 0 saturated heterocycles. The number of hydrogen-bond acceptors (Lipinski definition) is 5. The molecule has 1 N–H and O–H groups in total. The zero-order chi connectivity index (χ0) is 20.8. The SMILES string of the molecule is CCOc1ccc(/C=C/C(=O)Nc2nc(-c3cccc(Cl)c3)c(C)s2)cc1OC. The standard InChI is InChI=1S/C22H21ClN2O3S/c1-4-28-18-10-8-15(12-19(18)27-3)9-11-20(26)24-22-25-21(14(2)29-22)16-6-5-7-17(23)13-16/h5-13H,4H2,1-3H3,(H,24,25,26)/b11-9+. The Morgan fingerprint density at radius 2 is 2.07 bits per heavy atom. The van der Waals surface area contributed by atoms with E-state index in [0.29, 0.717) is 28.3 Å². The van der Waals surface area contributed by atoms with Gasteiger partial charge in [-0.3, -0.25) is 10.1 Å². The van der Waals surface area contributed by atoms with Crippen molar-refractivity contribution in [1.29, 1.82) is 0 Å². The van der Waals surface area contributed by atoms with Gasteiger partial charge in [0.05, 0.1) is 19.4 Å². The molecule has 0 saturated carbocycles. The summed E-state index contributed by atoms with van der Waals surface area (Å²) in [4.78, 5) is 17.8. The first-order valence-electron chi connectivity index (χ1n) is 9.03. The van der Waals surface area contributed by atoms with Crippen LogP contribution in [0.3, 0.4) is 0 Å². The maximum Gasteiger partial charge on any atom is 0.250 e. The first-order valence-corrected chi connectivity index (χ1v) is 10.2. The van der Waals surface area contributed by atoms with Crippen molar-refractivity contribution >= 4 is 40.1 Å². The molecule has 1 aromatic heterocycles. The smallest absolute Gasteiger partial charge is 0.250 e. The number of anilines is 1. The molecule has 3 aromatic rings. The normalized spacial score (nSPS) is 10.9. The molecule has 7 heteroatoms. The summed E-state index contributed by atoms with van der Waals surface area (Å²) in [6.45, 7) is 4.43. The second kappa shape index (κ2) is 9.58. The largest absolute Gasteiger partial charge is 0.493 e.